The van der Waals surface area contributed by atoms with Crippen LogP contribution in [0.5, 0.6) is 0 Å². The standard InChI is InChI=1S/C44H31NS/c1-44(37-21-10-8-18-34(37)35-19-9-11-22-38(35)44)39-23-12-20-36-42-40(24-13-25-41(42)46-43(36)39)45(32-16-6-3-7-17-32)33-28-26-31(27-29-33)30-14-4-2-5-15-30/h2-29H,1H3. The first-order valence-electron chi connectivity index (χ1n) is 15.9. The number of para-hydroxylation sites is 1. The smallest absolute Gasteiger partial charge is 0.0554 e. The monoisotopic (exact) mass is 605 g/mol. The van der Waals surface area contributed by atoms with Crippen LogP contribution in [0, 0.1) is 0 Å². The molecule has 0 fully saturated rings. The zero-order chi connectivity index (χ0) is 30.7. The van der Waals surface area contributed by atoms with Crippen LogP contribution < -0.4 is 4.90 Å². The number of fused-ring (bicyclic) bond motifs is 6. The Kier molecular flexibility index (Phi) is 6.19. The second kappa shape index (κ2) is 10.6. The first-order valence-corrected chi connectivity index (χ1v) is 16.7. The van der Waals surface area contributed by atoms with Gasteiger partial charge in [-0.1, -0.05) is 133 Å². The lowest BCUT2D eigenvalue weighted by molar-refractivity contribution is 0.722. The highest BCUT2D eigenvalue weighted by Gasteiger charge is 2.41. The Balaban J connectivity index is 1.27. The second-order valence-corrected chi connectivity index (χ2v) is 13.3. The van der Waals surface area contributed by atoms with Crippen LogP contribution in [0.25, 0.3) is 42.4 Å². The first kappa shape index (κ1) is 26.9. The molecule has 46 heavy (non-hydrogen) atoms. The molecule has 0 saturated carbocycles. The van der Waals surface area contributed by atoms with Gasteiger partial charge in [0.15, 0.2) is 0 Å². The molecule has 0 N–H and O–H groups in total. The summed E-state index contributed by atoms with van der Waals surface area (Å²) in [6.07, 6.45) is 0. The van der Waals surface area contributed by atoms with Crippen molar-refractivity contribution in [1.29, 1.82) is 0 Å². The molecule has 218 valence electrons. The molecule has 1 aromatic heterocycles. The van der Waals surface area contributed by atoms with Crippen molar-refractivity contribution >= 4 is 48.6 Å². The molecule has 0 spiro atoms. The maximum absolute atomic E-state index is 2.42. The van der Waals surface area contributed by atoms with E-state index in [0.717, 1.165) is 11.4 Å². The molecule has 1 aliphatic carbocycles. The Morgan fingerprint density at radius 2 is 1.00 bits per heavy atom. The van der Waals surface area contributed by atoms with Crippen molar-refractivity contribution in [1.82, 2.24) is 0 Å². The summed E-state index contributed by atoms with van der Waals surface area (Å²) in [5.74, 6) is 0. The lowest BCUT2D eigenvalue weighted by atomic mass is 9.74. The van der Waals surface area contributed by atoms with E-state index in [2.05, 4.69) is 182 Å². The zero-order valence-corrected chi connectivity index (χ0v) is 26.3. The maximum atomic E-state index is 2.42. The lowest BCUT2D eigenvalue weighted by Crippen LogP contribution is -2.22. The number of anilines is 3. The normalized spacial score (nSPS) is 13.1. The van der Waals surface area contributed by atoms with Gasteiger partial charge in [-0.3, -0.25) is 0 Å². The molecular formula is C44H31NS. The van der Waals surface area contributed by atoms with Crippen molar-refractivity contribution < 1.29 is 0 Å². The van der Waals surface area contributed by atoms with E-state index in [1.54, 1.807) is 0 Å². The molecule has 2 heteroatoms. The Bertz CT molecular complexity index is 2320. The highest BCUT2D eigenvalue weighted by atomic mass is 32.1. The molecule has 0 unspecified atom stereocenters. The Morgan fingerprint density at radius 3 is 1.70 bits per heavy atom. The first-order chi connectivity index (χ1) is 22.7. The van der Waals surface area contributed by atoms with Crippen molar-refractivity contribution in [2.24, 2.45) is 0 Å². The van der Waals surface area contributed by atoms with Gasteiger partial charge in [-0.2, -0.15) is 0 Å². The number of hydrogen-bond donors (Lipinski definition) is 0. The van der Waals surface area contributed by atoms with Gasteiger partial charge in [-0.25, -0.2) is 0 Å². The summed E-state index contributed by atoms with van der Waals surface area (Å²) in [4.78, 5) is 2.41. The summed E-state index contributed by atoms with van der Waals surface area (Å²) in [5, 5.41) is 2.60. The maximum Gasteiger partial charge on any atom is 0.0554 e. The van der Waals surface area contributed by atoms with Gasteiger partial charge < -0.3 is 4.90 Å². The van der Waals surface area contributed by atoms with Crippen LogP contribution in [0.4, 0.5) is 17.1 Å². The topological polar surface area (TPSA) is 3.24 Å². The summed E-state index contributed by atoms with van der Waals surface area (Å²) in [6, 6.07) is 61.9. The van der Waals surface area contributed by atoms with Crippen molar-refractivity contribution in [3.8, 4) is 22.3 Å². The van der Waals surface area contributed by atoms with Gasteiger partial charge >= 0.3 is 0 Å². The predicted molar refractivity (Wildman–Crippen MR) is 197 cm³/mol. The van der Waals surface area contributed by atoms with E-state index in [-0.39, 0.29) is 5.41 Å². The van der Waals surface area contributed by atoms with Gasteiger partial charge in [0.2, 0.25) is 0 Å². The van der Waals surface area contributed by atoms with Gasteiger partial charge in [0.1, 0.15) is 0 Å². The van der Waals surface area contributed by atoms with E-state index in [1.165, 1.54) is 64.8 Å². The Morgan fingerprint density at radius 1 is 0.457 bits per heavy atom. The Labute approximate surface area is 273 Å². The molecule has 0 radical (unpaired) electrons. The van der Waals surface area contributed by atoms with E-state index in [0.29, 0.717) is 0 Å². The van der Waals surface area contributed by atoms with Crippen LogP contribution in [0.15, 0.2) is 170 Å². The molecule has 0 atom stereocenters. The van der Waals surface area contributed by atoms with Crippen molar-refractivity contribution in [2.45, 2.75) is 12.3 Å². The third-order valence-electron chi connectivity index (χ3n) is 9.75. The lowest BCUT2D eigenvalue weighted by Gasteiger charge is -2.29. The molecule has 8 aromatic rings. The van der Waals surface area contributed by atoms with Gasteiger partial charge in [-0.05, 0) is 82.3 Å². The van der Waals surface area contributed by atoms with Crippen LogP contribution >= 0.6 is 11.3 Å². The number of nitrogens with zero attached hydrogens (tertiary/aromatic N) is 1. The highest BCUT2D eigenvalue weighted by Crippen LogP contribution is 2.55. The molecule has 7 aromatic carbocycles. The number of rotatable bonds is 5. The van der Waals surface area contributed by atoms with E-state index >= 15 is 0 Å². The van der Waals surface area contributed by atoms with E-state index in [1.807, 2.05) is 11.3 Å². The summed E-state index contributed by atoms with van der Waals surface area (Å²) < 4.78 is 2.65. The molecule has 9 rings (SSSR count). The van der Waals surface area contributed by atoms with E-state index in [9.17, 15) is 0 Å². The molecule has 0 saturated heterocycles. The minimum Gasteiger partial charge on any atom is -0.310 e. The third kappa shape index (κ3) is 4.00. The van der Waals surface area contributed by atoms with Gasteiger partial charge in [-0.15, -0.1) is 11.3 Å². The number of hydrogen-bond acceptors (Lipinski definition) is 2. The van der Waals surface area contributed by atoms with Crippen LogP contribution in [-0.2, 0) is 5.41 Å². The van der Waals surface area contributed by atoms with Crippen molar-refractivity contribution in [3.05, 3.63) is 187 Å². The van der Waals surface area contributed by atoms with Crippen LogP contribution in [-0.4, -0.2) is 0 Å². The largest absolute Gasteiger partial charge is 0.310 e. The van der Waals surface area contributed by atoms with Gasteiger partial charge in [0.05, 0.1) is 5.69 Å². The van der Waals surface area contributed by atoms with Crippen LogP contribution in [0.2, 0.25) is 0 Å². The minimum atomic E-state index is -0.250. The van der Waals surface area contributed by atoms with Crippen LogP contribution in [0.3, 0.4) is 0 Å². The zero-order valence-electron chi connectivity index (χ0n) is 25.5. The van der Waals surface area contributed by atoms with Crippen molar-refractivity contribution in [2.75, 3.05) is 4.90 Å². The SMILES string of the molecule is CC1(c2cccc3c2sc2cccc(N(c4ccccc4)c4ccc(-c5ccccc5)cc4)c23)c2ccccc2-c2ccccc21. The van der Waals surface area contributed by atoms with E-state index < -0.39 is 0 Å². The average molecular weight is 606 g/mol. The van der Waals surface area contributed by atoms with Crippen molar-refractivity contribution in [3.63, 3.8) is 0 Å². The highest BCUT2D eigenvalue weighted by molar-refractivity contribution is 7.26. The summed E-state index contributed by atoms with van der Waals surface area (Å²) in [7, 11) is 0. The second-order valence-electron chi connectivity index (χ2n) is 12.2. The number of benzene rings is 7. The summed E-state index contributed by atoms with van der Waals surface area (Å²) in [6.45, 7) is 2.42. The molecule has 0 aliphatic heterocycles. The quantitative estimate of drug-likeness (QED) is 0.189. The van der Waals surface area contributed by atoms with Crippen LogP contribution in [0.1, 0.15) is 23.6 Å². The summed E-state index contributed by atoms with van der Waals surface area (Å²) >= 11 is 1.92. The number of thiophene rings is 1. The average Bonchev–Trinajstić information content (AvgIpc) is 3.64. The fourth-order valence-corrected chi connectivity index (χ4v) is 8.94. The van der Waals surface area contributed by atoms with E-state index in [4.69, 9.17) is 0 Å². The fraction of sp³-hybridized carbons (Fsp3) is 0.0455. The molecule has 0 amide bonds. The third-order valence-corrected chi connectivity index (χ3v) is 11.0. The van der Waals surface area contributed by atoms with Gasteiger partial charge in [0.25, 0.3) is 0 Å². The summed E-state index contributed by atoms with van der Waals surface area (Å²) in [5.41, 5.74) is 12.5. The molecular weight excluding hydrogens is 575 g/mol. The molecule has 0 bridgehead atoms. The van der Waals surface area contributed by atoms with Gasteiger partial charge in [0, 0.05) is 37.0 Å². The molecule has 1 aliphatic rings. The fourth-order valence-electron chi connectivity index (χ4n) is 7.59. The Hall–Kier alpha value is -5.44. The minimum absolute atomic E-state index is 0.250. The molecule has 1 nitrogen and oxygen atoms in total. The predicted octanol–water partition coefficient (Wildman–Crippen LogP) is 12.5. The molecule has 1 heterocycles.